The predicted octanol–water partition coefficient (Wildman–Crippen LogP) is 1.42. The summed E-state index contributed by atoms with van der Waals surface area (Å²) < 4.78 is 6.05. The van der Waals surface area contributed by atoms with E-state index >= 15 is 0 Å². The van der Waals surface area contributed by atoms with Crippen molar-refractivity contribution in [2.45, 2.75) is 38.0 Å². The lowest BCUT2D eigenvalue weighted by Crippen LogP contribution is -2.51. The van der Waals surface area contributed by atoms with Crippen LogP contribution in [-0.2, 0) is 4.74 Å². The first-order chi connectivity index (χ1) is 8.79. The van der Waals surface area contributed by atoms with Gasteiger partial charge in [0, 0.05) is 17.5 Å². The maximum Gasteiger partial charge on any atom is 0.0918 e. The molecule has 3 atom stereocenters. The standard InChI is InChI=1S/C13H21N3OS/c1-9-4-6-18-13(9)12(15-14)11-7-16-5-2-3-10(16)8-17-11/h4,6,10-12,15H,2-3,5,7-8,14H2,1H3. The molecule has 1 aromatic heterocycles. The molecule has 0 saturated carbocycles. The molecular formula is C13H21N3OS. The van der Waals surface area contributed by atoms with E-state index in [1.807, 2.05) is 0 Å². The topological polar surface area (TPSA) is 50.5 Å². The van der Waals surface area contributed by atoms with Crippen LogP contribution in [0.15, 0.2) is 11.4 Å². The molecule has 3 unspecified atom stereocenters. The summed E-state index contributed by atoms with van der Waals surface area (Å²) in [5.41, 5.74) is 4.25. The van der Waals surface area contributed by atoms with Crippen LogP contribution in [-0.4, -0.2) is 36.7 Å². The molecule has 3 rings (SSSR count). The smallest absolute Gasteiger partial charge is 0.0918 e. The average molecular weight is 267 g/mol. The number of nitrogens with one attached hydrogen (secondary N) is 1. The molecule has 0 aromatic carbocycles. The first-order valence-electron chi connectivity index (χ1n) is 6.65. The van der Waals surface area contributed by atoms with Gasteiger partial charge in [-0.25, -0.2) is 5.43 Å². The lowest BCUT2D eigenvalue weighted by atomic mass is 10.0. The van der Waals surface area contributed by atoms with Gasteiger partial charge in [0.1, 0.15) is 0 Å². The quantitative estimate of drug-likeness (QED) is 0.642. The van der Waals surface area contributed by atoms with Crippen molar-refractivity contribution in [3.8, 4) is 0 Å². The second kappa shape index (κ2) is 5.27. The zero-order chi connectivity index (χ0) is 12.5. The third-order valence-electron chi connectivity index (χ3n) is 4.15. The molecule has 2 saturated heterocycles. The minimum absolute atomic E-state index is 0.117. The summed E-state index contributed by atoms with van der Waals surface area (Å²) in [5.74, 6) is 5.76. The Morgan fingerprint density at radius 3 is 3.22 bits per heavy atom. The van der Waals surface area contributed by atoms with Crippen LogP contribution in [0.5, 0.6) is 0 Å². The number of nitrogens with zero attached hydrogens (tertiary/aromatic N) is 1. The molecule has 0 bridgehead atoms. The highest BCUT2D eigenvalue weighted by Crippen LogP contribution is 2.31. The second-order valence-corrected chi connectivity index (χ2v) is 6.22. The summed E-state index contributed by atoms with van der Waals surface area (Å²) >= 11 is 1.76. The van der Waals surface area contributed by atoms with Crippen molar-refractivity contribution in [3.63, 3.8) is 0 Å². The molecule has 100 valence electrons. The molecule has 2 aliphatic heterocycles. The molecule has 5 heteroatoms. The van der Waals surface area contributed by atoms with Crippen molar-refractivity contribution >= 4 is 11.3 Å². The van der Waals surface area contributed by atoms with Crippen LogP contribution < -0.4 is 11.3 Å². The van der Waals surface area contributed by atoms with Crippen LogP contribution in [0.1, 0.15) is 29.3 Å². The van der Waals surface area contributed by atoms with E-state index in [4.69, 9.17) is 10.6 Å². The number of thiophene rings is 1. The van der Waals surface area contributed by atoms with Gasteiger partial charge < -0.3 is 4.74 Å². The average Bonchev–Trinajstić information content (AvgIpc) is 2.99. The molecule has 3 heterocycles. The fraction of sp³-hybridized carbons (Fsp3) is 0.692. The molecule has 3 N–H and O–H groups in total. The van der Waals surface area contributed by atoms with Gasteiger partial charge in [-0.2, -0.15) is 0 Å². The van der Waals surface area contributed by atoms with E-state index in [9.17, 15) is 0 Å². The van der Waals surface area contributed by atoms with Crippen LogP contribution >= 0.6 is 11.3 Å². The highest BCUT2D eigenvalue weighted by Gasteiger charge is 2.36. The van der Waals surface area contributed by atoms with Gasteiger partial charge >= 0.3 is 0 Å². The number of ether oxygens (including phenoxy) is 1. The number of rotatable bonds is 3. The monoisotopic (exact) mass is 267 g/mol. The molecule has 0 radical (unpaired) electrons. The van der Waals surface area contributed by atoms with Crippen molar-refractivity contribution in [2.75, 3.05) is 19.7 Å². The zero-order valence-corrected chi connectivity index (χ0v) is 11.6. The van der Waals surface area contributed by atoms with Gasteiger partial charge in [-0.15, -0.1) is 11.3 Å². The number of fused-ring (bicyclic) bond motifs is 1. The van der Waals surface area contributed by atoms with Gasteiger partial charge in [0.25, 0.3) is 0 Å². The molecular weight excluding hydrogens is 246 g/mol. The van der Waals surface area contributed by atoms with Crippen LogP contribution in [0.3, 0.4) is 0 Å². The lowest BCUT2D eigenvalue weighted by molar-refractivity contribution is -0.0648. The number of morpholine rings is 1. The number of hydrazine groups is 1. The molecule has 0 aliphatic carbocycles. The zero-order valence-electron chi connectivity index (χ0n) is 10.8. The Morgan fingerprint density at radius 1 is 1.61 bits per heavy atom. The summed E-state index contributed by atoms with van der Waals surface area (Å²) in [6.07, 6.45) is 2.76. The van der Waals surface area contributed by atoms with Gasteiger partial charge in [0.15, 0.2) is 0 Å². The summed E-state index contributed by atoms with van der Waals surface area (Å²) in [5, 5.41) is 2.12. The minimum atomic E-state index is 0.117. The fourth-order valence-corrected chi connectivity index (χ4v) is 4.14. The summed E-state index contributed by atoms with van der Waals surface area (Å²) in [7, 11) is 0. The molecule has 4 nitrogen and oxygen atoms in total. The van der Waals surface area contributed by atoms with E-state index in [0.717, 1.165) is 13.2 Å². The summed E-state index contributed by atoms with van der Waals surface area (Å²) in [6.45, 7) is 5.20. The Balaban J connectivity index is 1.74. The minimum Gasteiger partial charge on any atom is -0.373 e. The van der Waals surface area contributed by atoms with Gasteiger partial charge in [0.2, 0.25) is 0 Å². The number of hydrogen-bond acceptors (Lipinski definition) is 5. The van der Waals surface area contributed by atoms with Gasteiger partial charge in [-0.3, -0.25) is 10.7 Å². The van der Waals surface area contributed by atoms with Crippen LogP contribution in [0, 0.1) is 6.92 Å². The van der Waals surface area contributed by atoms with E-state index in [-0.39, 0.29) is 12.1 Å². The second-order valence-electron chi connectivity index (χ2n) is 5.27. The van der Waals surface area contributed by atoms with E-state index < -0.39 is 0 Å². The van der Waals surface area contributed by atoms with Crippen molar-refractivity contribution < 1.29 is 4.74 Å². The van der Waals surface area contributed by atoms with Crippen LogP contribution in [0.4, 0.5) is 0 Å². The van der Waals surface area contributed by atoms with Crippen molar-refractivity contribution in [2.24, 2.45) is 5.84 Å². The molecule has 0 spiro atoms. The third-order valence-corrected chi connectivity index (χ3v) is 5.25. The van der Waals surface area contributed by atoms with Gasteiger partial charge in [-0.05, 0) is 43.3 Å². The predicted molar refractivity (Wildman–Crippen MR) is 73.5 cm³/mol. The van der Waals surface area contributed by atoms with E-state index in [1.165, 1.54) is 29.8 Å². The summed E-state index contributed by atoms with van der Waals surface area (Å²) in [4.78, 5) is 3.86. The highest BCUT2D eigenvalue weighted by atomic mass is 32.1. The number of hydrogen-bond donors (Lipinski definition) is 2. The number of aryl methyl sites for hydroxylation is 1. The molecule has 2 aliphatic rings. The lowest BCUT2D eigenvalue weighted by Gasteiger charge is -2.38. The first kappa shape index (κ1) is 12.6. The number of nitrogens with two attached hydrogens (primary N) is 1. The maximum absolute atomic E-state index is 6.05. The Morgan fingerprint density at radius 2 is 2.50 bits per heavy atom. The largest absolute Gasteiger partial charge is 0.373 e. The van der Waals surface area contributed by atoms with E-state index in [0.29, 0.717) is 6.04 Å². The molecule has 1 aromatic rings. The van der Waals surface area contributed by atoms with Crippen LogP contribution in [0.2, 0.25) is 0 Å². The SMILES string of the molecule is Cc1ccsc1C(NN)C1CN2CCCC2CO1. The molecule has 18 heavy (non-hydrogen) atoms. The summed E-state index contributed by atoms with van der Waals surface area (Å²) in [6, 6.07) is 2.90. The molecule has 2 fully saturated rings. The van der Waals surface area contributed by atoms with Crippen molar-refractivity contribution in [3.05, 3.63) is 21.9 Å². The van der Waals surface area contributed by atoms with Crippen molar-refractivity contribution in [1.29, 1.82) is 0 Å². The Bertz CT molecular complexity index is 409. The van der Waals surface area contributed by atoms with Gasteiger partial charge in [0.05, 0.1) is 18.8 Å². The van der Waals surface area contributed by atoms with Gasteiger partial charge in [-0.1, -0.05) is 0 Å². The normalized spacial score (nSPS) is 30.3. The van der Waals surface area contributed by atoms with Crippen LogP contribution in [0.25, 0.3) is 0 Å². The highest BCUT2D eigenvalue weighted by molar-refractivity contribution is 7.10. The Hall–Kier alpha value is -0.460. The molecule has 0 amide bonds. The third kappa shape index (κ3) is 2.21. The Labute approximate surface area is 112 Å². The van der Waals surface area contributed by atoms with E-state index in [1.54, 1.807) is 11.3 Å². The first-order valence-corrected chi connectivity index (χ1v) is 7.53. The van der Waals surface area contributed by atoms with E-state index in [2.05, 4.69) is 28.7 Å². The van der Waals surface area contributed by atoms with Crippen molar-refractivity contribution in [1.82, 2.24) is 10.3 Å². The maximum atomic E-state index is 6.05. The fourth-order valence-electron chi connectivity index (χ4n) is 3.10. The Kier molecular flexibility index (Phi) is 3.68.